The average Bonchev–Trinajstić information content (AvgIpc) is 2.80. The van der Waals surface area contributed by atoms with Crippen LogP contribution in [0, 0.1) is 6.92 Å². The molecule has 6 heteroatoms. The van der Waals surface area contributed by atoms with Crippen molar-refractivity contribution in [1.82, 2.24) is 4.90 Å². The van der Waals surface area contributed by atoms with Crippen LogP contribution in [-0.4, -0.2) is 68.7 Å². The van der Waals surface area contributed by atoms with Crippen LogP contribution in [0.3, 0.4) is 0 Å². The number of aliphatic hydroxyl groups is 1. The van der Waals surface area contributed by atoms with E-state index < -0.39 is 6.10 Å². The summed E-state index contributed by atoms with van der Waals surface area (Å²) in [6.45, 7) is 21.0. The molecule has 1 heterocycles. The van der Waals surface area contributed by atoms with Crippen LogP contribution in [0.25, 0.3) is 0 Å². The number of benzene rings is 2. The van der Waals surface area contributed by atoms with Gasteiger partial charge in [0, 0.05) is 43.4 Å². The van der Waals surface area contributed by atoms with E-state index in [1.165, 1.54) is 22.4 Å². The summed E-state index contributed by atoms with van der Waals surface area (Å²) in [7, 11) is 0. The molecule has 0 radical (unpaired) electrons. The first-order valence-corrected chi connectivity index (χ1v) is 13.5. The maximum Gasteiger partial charge on any atom is 0.123 e. The van der Waals surface area contributed by atoms with E-state index in [1.54, 1.807) is 0 Å². The molecule has 0 saturated carbocycles. The number of ether oxygens (including phenoxy) is 2. The highest BCUT2D eigenvalue weighted by Crippen LogP contribution is 2.35. The first-order chi connectivity index (χ1) is 16.8. The molecule has 1 atom stereocenters. The van der Waals surface area contributed by atoms with Crippen molar-refractivity contribution in [2.75, 3.05) is 57.4 Å². The topological polar surface area (TPSA) is 45.2 Å². The van der Waals surface area contributed by atoms with Gasteiger partial charge in [0.25, 0.3) is 0 Å². The third kappa shape index (κ3) is 8.11. The predicted octanol–water partition coefficient (Wildman–Crippen LogP) is 5.82. The van der Waals surface area contributed by atoms with Crippen molar-refractivity contribution >= 4 is 17.3 Å². The quantitative estimate of drug-likeness (QED) is 0.425. The maximum absolute atomic E-state index is 10.5. The fourth-order valence-corrected chi connectivity index (χ4v) is 4.75. The van der Waals surface area contributed by atoms with Crippen molar-refractivity contribution in [3.63, 3.8) is 0 Å². The second-order valence-corrected chi connectivity index (χ2v) is 12.4. The van der Waals surface area contributed by atoms with Crippen LogP contribution < -0.4 is 9.64 Å². The Morgan fingerprint density at radius 1 is 0.917 bits per heavy atom. The van der Waals surface area contributed by atoms with Gasteiger partial charge < -0.3 is 19.5 Å². The Balaban J connectivity index is 1.40. The van der Waals surface area contributed by atoms with Gasteiger partial charge in [-0.2, -0.15) is 0 Å². The van der Waals surface area contributed by atoms with Crippen LogP contribution in [0.4, 0.5) is 5.69 Å². The van der Waals surface area contributed by atoms with Crippen molar-refractivity contribution in [2.24, 2.45) is 0 Å². The number of β-amino-alcohol motifs (C(OH)–C–C–N with tert-alkyl or cyclic N) is 1. The highest BCUT2D eigenvalue weighted by molar-refractivity contribution is 6.30. The number of halogens is 1. The Morgan fingerprint density at radius 2 is 1.61 bits per heavy atom. The van der Waals surface area contributed by atoms with E-state index in [0.717, 1.165) is 37.0 Å². The molecular weight excluding hydrogens is 472 g/mol. The average molecular weight is 517 g/mol. The van der Waals surface area contributed by atoms with Gasteiger partial charge in [0.15, 0.2) is 0 Å². The number of piperazine rings is 1. The highest BCUT2D eigenvalue weighted by atomic mass is 35.5. The summed E-state index contributed by atoms with van der Waals surface area (Å²) in [4.78, 5) is 4.67. The molecule has 200 valence electrons. The first-order valence-electron chi connectivity index (χ1n) is 13.1. The minimum absolute atomic E-state index is 0.0108. The summed E-state index contributed by atoms with van der Waals surface area (Å²) < 4.78 is 11.9. The fraction of sp³-hybridized carbons (Fsp3) is 0.600. The molecule has 1 N–H and O–H groups in total. The highest BCUT2D eigenvalue weighted by Gasteiger charge is 2.23. The number of nitrogens with zero attached hydrogens (tertiary/aromatic N) is 2. The second kappa shape index (κ2) is 12.2. The molecule has 1 fully saturated rings. The molecule has 0 unspecified atom stereocenters. The molecule has 0 aliphatic carbocycles. The van der Waals surface area contributed by atoms with Crippen LogP contribution >= 0.6 is 11.6 Å². The van der Waals surface area contributed by atoms with E-state index in [9.17, 15) is 5.11 Å². The Hall–Kier alpha value is -1.79. The largest absolute Gasteiger partial charge is 0.491 e. The van der Waals surface area contributed by atoms with Crippen molar-refractivity contribution < 1.29 is 14.6 Å². The summed E-state index contributed by atoms with van der Waals surface area (Å²) in [5.74, 6) is 0.910. The normalized spacial score (nSPS) is 16.3. The molecular formula is C30H45ClN2O3. The number of hydrogen-bond donors (Lipinski definition) is 1. The molecule has 1 aliphatic rings. The standard InChI is InChI=1S/C30H45ClN2O3/c1-22-8-10-24(31)19-27(22)33-14-12-32(13-15-33)20-25(34)21-35-16-17-36-28-11-9-23(29(2,3)4)18-26(28)30(5,6)7/h8-11,18-19,25,34H,12-17,20-21H2,1-7H3/t25-/m0/s1. The predicted molar refractivity (Wildman–Crippen MR) is 151 cm³/mol. The molecule has 0 amide bonds. The molecule has 1 aliphatic heterocycles. The molecule has 0 bridgehead atoms. The van der Waals surface area contributed by atoms with E-state index in [1.807, 2.05) is 12.1 Å². The zero-order valence-corrected chi connectivity index (χ0v) is 24.0. The summed E-state index contributed by atoms with van der Waals surface area (Å²) in [6.07, 6.45) is -0.513. The second-order valence-electron chi connectivity index (χ2n) is 12.0. The Labute approximate surface area is 223 Å². The molecule has 3 rings (SSSR count). The summed E-state index contributed by atoms with van der Waals surface area (Å²) in [5, 5.41) is 11.3. The number of aliphatic hydroxyl groups excluding tert-OH is 1. The van der Waals surface area contributed by atoms with Crippen LogP contribution in [0.5, 0.6) is 5.75 Å². The molecule has 2 aromatic rings. The Bertz CT molecular complexity index is 989. The summed E-state index contributed by atoms with van der Waals surface area (Å²) >= 11 is 6.20. The van der Waals surface area contributed by atoms with Crippen molar-refractivity contribution in [2.45, 2.75) is 65.4 Å². The maximum atomic E-state index is 10.5. The van der Waals surface area contributed by atoms with Gasteiger partial charge in [-0.3, -0.25) is 4.90 Å². The third-order valence-corrected chi connectivity index (χ3v) is 7.04. The van der Waals surface area contributed by atoms with E-state index in [0.29, 0.717) is 26.4 Å². The third-order valence-electron chi connectivity index (χ3n) is 6.80. The fourth-order valence-electron chi connectivity index (χ4n) is 4.58. The van der Waals surface area contributed by atoms with Gasteiger partial charge in [0.1, 0.15) is 12.4 Å². The van der Waals surface area contributed by atoms with Gasteiger partial charge in [-0.25, -0.2) is 0 Å². The van der Waals surface area contributed by atoms with E-state index in [-0.39, 0.29) is 10.8 Å². The molecule has 36 heavy (non-hydrogen) atoms. The Kier molecular flexibility index (Phi) is 9.73. The lowest BCUT2D eigenvalue weighted by Gasteiger charge is -2.37. The van der Waals surface area contributed by atoms with Crippen molar-refractivity contribution in [1.29, 1.82) is 0 Å². The summed E-state index contributed by atoms with van der Waals surface area (Å²) in [6, 6.07) is 12.6. The van der Waals surface area contributed by atoms with Gasteiger partial charge in [-0.1, -0.05) is 71.3 Å². The smallest absolute Gasteiger partial charge is 0.123 e. The van der Waals surface area contributed by atoms with E-state index in [2.05, 4.69) is 82.5 Å². The number of hydrogen-bond acceptors (Lipinski definition) is 5. The molecule has 5 nitrogen and oxygen atoms in total. The monoisotopic (exact) mass is 516 g/mol. The van der Waals surface area contributed by atoms with Gasteiger partial charge in [-0.15, -0.1) is 0 Å². The molecule has 2 aromatic carbocycles. The summed E-state index contributed by atoms with van der Waals surface area (Å²) in [5.41, 5.74) is 5.05. The molecule has 0 spiro atoms. The Morgan fingerprint density at radius 3 is 2.25 bits per heavy atom. The number of anilines is 1. The van der Waals surface area contributed by atoms with Crippen LogP contribution in [-0.2, 0) is 15.6 Å². The van der Waals surface area contributed by atoms with Gasteiger partial charge >= 0.3 is 0 Å². The zero-order chi connectivity index (χ0) is 26.5. The number of aryl methyl sites for hydroxylation is 1. The van der Waals surface area contributed by atoms with Gasteiger partial charge in [-0.05, 0) is 52.6 Å². The lowest BCUT2D eigenvalue weighted by molar-refractivity contribution is 0.00704. The lowest BCUT2D eigenvalue weighted by atomic mass is 9.80. The van der Waals surface area contributed by atoms with Crippen LogP contribution in [0.2, 0.25) is 5.02 Å². The van der Waals surface area contributed by atoms with Crippen LogP contribution in [0.1, 0.15) is 58.2 Å². The van der Waals surface area contributed by atoms with Crippen molar-refractivity contribution in [3.8, 4) is 5.75 Å². The molecule has 1 saturated heterocycles. The minimum Gasteiger partial charge on any atom is -0.491 e. The lowest BCUT2D eigenvalue weighted by Crippen LogP contribution is -2.49. The number of rotatable bonds is 9. The minimum atomic E-state index is -0.513. The zero-order valence-electron chi connectivity index (χ0n) is 23.2. The van der Waals surface area contributed by atoms with E-state index >= 15 is 0 Å². The van der Waals surface area contributed by atoms with Gasteiger partial charge in [0.05, 0.1) is 19.3 Å². The van der Waals surface area contributed by atoms with Crippen LogP contribution in [0.15, 0.2) is 36.4 Å². The SMILES string of the molecule is Cc1ccc(Cl)cc1N1CCN(C[C@H](O)COCCOc2ccc(C(C)(C)C)cc2C(C)(C)C)CC1. The molecule has 0 aromatic heterocycles. The van der Waals surface area contributed by atoms with Crippen molar-refractivity contribution in [3.05, 3.63) is 58.1 Å². The van der Waals surface area contributed by atoms with Gasteiger partial charge in [0.2, 0.25) is 0 Å². The first kappa shape index (κ1) is 28.8. The van der Waals surface area contributed by atoms with E-state index in [4.69, 9.17) is 21.1 Å².